The van der Waals surface area contributed by atoms with E-state index in [9.17, 15) is 9.59 Å². The lowest BCUT2D eigenvalue weighted by Crippen LogP contribution is -2.20. The molecule has 0 unspecified atom stereocenters. The van der Waals surface area contributed by atoms with E-state index in [0.29, 0.717) is 22.1 Å². The fourth-order valence-corrected chi connectivity index (χ4v) is 2.05. The SMILES string of the molecule is Cc1nc(Cl)ccc1C(=O)c1c(C)[nH]n(C)c1=O. The van der Waals surface area contributed by atoms with E-state index < -0.39 is 0 Å². The molecule has 2 aromatic heterocycles. The van der Waals surface area contributed by atoms with Crippen LogP contribution < -0.4 is 5.56 Å². The van der Waals surface area contributed by atoms with Crippen LogP contribution in [0.2, 0.25) is 5.15 Å². The molecule has 2 heterocycles. The number of nitrogens with zero attached hydrogens (tertiary/aromatic N) is 2. The van der Waals surface area contributed by atoms with E-state index in [2.05, 4.69) is 10.1 Å². The molecule has 94 valence electrons. The Morgan fingerprint density at radius 3 is 2.56 bits per heavy atom. The molecule has 1 N–H and O–H groups in total. The van der Waals surface area contributed by atoms with Crippen molar-refractivity contribution >= 4 is 17.4 Å². The Morgan fingerprint density at radius 1 is 1.39 bits per heavy atom. The molecule has 0 spiro atoms. The summed E-state index contributed by atoms with van der Waals surface area (Å²) >= 11 is 5.74. The van der Waals surface area contributed by atoms with E-state index in [1.165, 1.54) is 10.7 Å². The van der Waals surface area contributed by atoms with Crippen molar-refractivity contribution in [2.75, 3.05) is 0 Å². The summed E-state index contributed by atoms with van der Waals surface area (Å²) in [6, 6.07) is 3.12. The lowest BCUT2D eigenvalue weighted by molar-refractivity contribution is 0.103. The van der Waals surface area contributed by atoms with Crippen molar-refractivity contribution in [2.45, 2.75) is 13.8 Å². The molecular weight excluding hydrogens is 254 g/mol. The van der Waals surface area contributed by atoms with Crippen molar-refractivity contribution < 1.29 is 4.79 Å². The van der Waals surface area contributed by atoms with Gasteiger partial charge in [0.2, 0.25) is 5.78 Å². The van der Waals surface area contributed by atoms with Gasteiger partial charge in [0.1, 0.15) is 10.7 Å². The van der Waals surface area contributed by atoms with Gasteiger partial charge in [-0.1, -0.05) is 11.6 Å². The Balaban J connectivity index is 2.58. The summed E-state index contributed by atoms with van der Waals surface area (Å²) in [7, 11) is 1.57. The maximum Gasteiger partial charge on any atom is 0.277 e. The molecular formula is C12H12ClN3O2. The lowest BCUT2D eigenvalue weighted by atomic mass is 10.0. The van der Waals surface area contributed by atoms with Gasteiger partial charge in [-0.15, -0.1) is 0 Å². The minimum Gasteiger partial charge on any atom is -0.299 e. The molecule has 0 atom stereocenters. The number of rotatable bonds is 2. The molecule has 2 aromatic rings. The van der Waals surface area contributed by atoms with E-state index in [-0.39, 0.29) is 16.9 Å². The number of aryl methyl sites for hydroxylation is 3. The van der Waals surface area contributed by atoms with E-state index in [1.54, 1.807) is 27.0 Å². The van der Waals surface area contributed by atoms with Crippen LogP contribution in [0.1, 0.15) is 27.3 Å². The van der Waals surface area contributed by atoms with Crippen molar-refractivity contribution in [1.29, 1.82) is 0 Å². The molecule has 18 heavy (non-hydrogen) atoms. The number of H-pyrrole nitrogens is 1. The van der Waals surface area contributed by atoms with Crippen LogP contribution in [0.5, 0.6) is 0 Å². The topological polar surface area (TPSA) is 67.8 Å². The fourth-order valence-electron chi connectivity index (χ4n) is 1.86. The number of carbonyl (C=O) groups is 1. The van der Waals surface area contributed by atoms with Crippen LogP contribution >= 0.6 is 11.6 Å². The summed E-state index contributed by atoms with van der Waals surface area (Å²) in [6.45, 7) is 3.37. The number of carbonyl (C=O) groups excluding carboxylic acids is 1. The Bertz CT molecular complexity index is 685. The van der Waals surface area contributed by atoms with Gasteiger partial charge in [0.25, 0.3) is 5.56 Å². The van der Waals surface area contributed by atoms with E-state index in [4.69, 9.17) is 11.6 Å². The predicted molar refractivity (Wildman–Crippen MR) is 68.2 cm³/mol. The Hall–Kier alpha value is -1.88. The maximum absolute atomic E-state index is 12.3. The van der Waals surface area contributed by atoms with Gasteiger partial charge in [-0.05, 0) is 26.0 Å². The average Bonchev–Trinajstić information content (AvgIpc) is 2.52. The minimum absolute atomic E-state index is 0.143. The standard InChI is InChI=1S/C12H12ClN3O2/c1-6-8(4-5-9(13)14-6)11(17)10-7(2)15-16(3)12(10)18/h4-5,15H,1-3H3. The number of aromatic amines is 1. The van der Waals surface area contributed by atoms with Crippen molar-refractivity contribution in [3.63, 3.8) is 0 Å². The Labute approximate surface area is 108 Å². The highest BCUT2D eigenvalue weighted by molar-refractivity contribution is 6.29. The third-order valence-corrected chi connectivity index (χ3v) is 2.96. The number of pyridine rings is 1. The third kappa shape index (κ3) is 1.97. The number of nitrogens with one attached hydrogen (secondary N) is 1. The van der Waals surface area contributed by atoms with Crippen molar-refractivity contribution in [2.24, 2.45) is 7.05 Å². The first-order valence-electron chi connectivity index (χ1n) is 5.35. The first-order chi connectivity index (χ1) is 8.41. The van der Waals surface area contributed by atoms with E-state index >= 15 is 0 Å². The van der Waals surface area contributed by atoms with Gasteiger partial charge < -0.3 is 0 Å². The highest BCUT2D eigenvalue weighted by Gasteiger charge is 2.21. The van der Waals surface area contributed by atoms with Crippen molar-refractivity contribution in [3.8, 4) is 0 Å². The second kappa shape index (κ2) is 4.42. The molecule has 0 aliphatic rings. The van der Waals surface area contributed by atoms with Gasteiger partial charge in [-0.2, -0.15) is 0 Å². The summed E-state index contributed by atoms with van der Waals surface area (Å²) in [5.74, 6) is -0.337. The van der Waals surface area contributed by atoms with Gasteiger partial charge in [0.15, 0.2) is 0 Å². The van der Waals surface area contributed by atoms with Crippen LogP contribution in [-0.4, -0.2) is 20.5 Å². The Kier molecular flexibility index (Phi) is 3.09. The summed E-state index contributed by atoms with van der Waals surface area (Å²) in [5, 5.41) is 3.12. The first-order valence-corrected chi connectivity index (χ1v) is 5.73. The van der Waals surface area contributed by atoms with Gasteiger partial charge in [-0.25, -0.2) is 4.98 Å². The van der Waals surface area contributed by atoms with Gasteiger partial charge in [-0.3, -0.25) is 19.4 Å². The minimum atomic E-state index is -0.341. The molecule has 0 aliphatic carbocycles. The number of aromatic nitrogens is 3. The number of ketones is 1. The second-order valence-electron chi connectivity index (χ2n) is 4.07. The average molecular weight is 266 g/mol. The molecule has 0 fully saturated rings. The molecule has 0 bridgehead atoms. The quantitative estimate of drug-likeness (QED) is 0.663. The molecule has 0 saturated carbocycles. The van der Waals surface area contributed by atoms with Crippen LogP contribution in [0, 0.1) is 13.8 Å². The van der Waals surface area contributed by atoms with Gasteiger partial charge in [0, 0.05) is 18.3 Å². The molecule has 0 saturated heterocycles. The zero-order chi connectivity index (χ0) is 13.4. The molecule has 0 amide bonds. The van der Waals surface area contributed by atoms with Crippen LogP contribution in [0.3, 0.4) is 0 Å². The highest BCUT2D eigenvalue weighted by atomic mass is 35.5. The van der Waals surface area contributed by atoms with E-state index in [1.807, 2.05) is 0 Å². The maximum atomic E-state index is 12.3. The number of halogens is 1. The summed E-state index contributed by atoms with van der Waals surface area (Å²) in [4.78, 5) is 28.2. The lowest BCUT2D eigenvalue weighted by Gasteiger charge is -2.03. The fraction of sp³-hybridized carbons (Fsp3) is 0.250. The van der Waals surface area contributed by atoms with Crippen LogP contribution in [0.25, 0.3) is 0 Å². The van der Waals surface area contributed by atoms with Crippen LogP contribution in [-0.2, 0) is 7.05 Å². The Morgan fingerprint density at radius 2 is 2.06 bits per heavy atom. The van der Waals surface area contributed by atoms with Crippen LogP contribution in [0.4, 0.5) is 0 Å². The molecule has 5 nitrogen and oxygen atoms in total. The first kappa shape index (κ1) is 12.6. The zero-order valence-electron chi connectivity index (χ0n) is 10.2. The number of hydrogen-bond acceptors (Lipinski definition) is 3. The molecule has 2 rings (SSSR count). The summed E-state index contributed by atoms with van der Waals surface area (Å²) in [6.07, 6.45) is 0. The molecule has 0 aliphatic heterocycles. The van der Waals surface area contributed by atoms with Crippen molar-refractivity contribution in [1.82, 2.24) is 14.8 Å². The second-order valence-corrected chi connectivity index (χ2v) is 4.46. The molecule has 0 radical (unpaired) electrons. The van der Waals surface area contributed by atoms with Crippen LogP contribution in [0.15, 0.2) is 16.9 Å². The zero-order valence-corrected chi connectivity index (χ0v) is 11.0. The molecule has 6 heteroatoms. The smallest absolute Gasteiger partial charge is 0.277 e. The largest absolute Gasteiger partial charge is 0.299 e. The number of hydrogen-bond donors (Lipinski definition) is 1. The van der Waals surface area contributed by atoms with Gasteiger partial charge in [0.05, 0.1) is 5.69 Å². The summed E-state index contributed by atoms with van der Waals surface area (Å²) < 4.78 is 1.28. The monoisotopic (exact) mass is 265 g/mol. The normalized spacial score (nSPS) is 10.7. The van der Waals surface area contributed by atoms with Gasteiger partial charge >= 0.3 is 0 Å². The van der Waals surface area contributed by atoms with E-state index in [0.717, 1.165) is 0 Å². The third-order valence-electron chi connectivity index (χ3n) is 2.75. The van der Waals surface area contributed by atoms with Crippen molar-refractivity contribution in [3.05, 3.63) is 50.2 Å². The summed E-state index contributed by atoms with van der Waals surface area (Å²) in [5.41, 5.74) is 1.24. The molecule has 0 aromatic carbocycles. The predicted octanol–water partition coefficient (Wildman–Crippen LogP) is 1.61. The highest BCUT2D eigenvalue weighted by Crippen LogP contribution is 2.15.